The van der Waals surface area contributed by atoms with E-state index >= 15 is 0 Å². The first kappa shape index (κ1) is 25.7. The number of halogens is 1. The van der Waals surface area contributed by atoms with Gasteiger partial charge in [0.25, 0.3) is 0 Å². The third kappa shape index (κ3) is 5.76. The molecule has 0 saturated heterocycles. The van der Waals surface area contributed by atoms with Crippen LogP contribution in [0.25, 0.3) is 10.2 Å². The van der Waals surface area contributed by atoms with Crippen LogP contribution in [0.1, 0.15) is 23.5 Å². The van der Waals surface area contributed by atoms with E-state index in [0.29, 0.717) is 11.7 Å². The van der Waals surface area contributed by atoms with Crippen molar-refractivity contribution in [1.29, 1.82) is 0 Å². The van der Waals surface area contributed by atoms with Crippen LogP contribution in [0.4, 0.5) is 5.13 Å². The van der Waals surface area contributed by atoms with Gasteiger partial charge >= 0.3 is 0 Å². The van der Waals surface area contributed by atoms with Crippen molar-refractivity contribution in [2.45, 2.75) is 12.3 Å². The topological polar surface area (TPSA) is 45.7 Å². The SMILES string of the molecule is COc1cccc2sc(N(CCCN(C)C)C(=O)C(c3ccccc3)c3ccccc3)nc12.Cl. The van der Waals surface area contributed by atoms with Crippen molar-refractivity contribution in [3.63, 3.8) is 0 Å². The average molecular weight is 496 g/mol. The lowest BCUT2D eigenvalue weighted by Crippen LogP contribution is -2.37. The first-order valence-corrected chi connectivity index (χ1v) is 11.9. The normalized spacial score (nSPS) is 11.0. The summed E-state index contributed by atoms with van der Waals surface area (Å²) in [7, 11) is 5.74. The van der Waals surface area contributed by atoms with Gasteiger partial charge in [-0.15, -0.1) is 12.4 Å². The Morgan fingerprint density at radius 1 is 0.912 bits per heavy atom. The molecule has 178 valence electrons. The van der Waals surface area contributed by atoms with E-state index in [4.69, 9.17) is 9.72 Å². The molecule has 4 rings (SSSR count). The zero-order valence-electron chi connectivity index (χ0n) is 19.7. The number of fused-ring (bicyclic) bond motifs is 1. The minimum Gasteiger partial charge on any atom is -0.494 e. The highest BCUT2D eigenvalue weighted by atomic mass is 35.5. The van der Waals surface area contributed by atoms with Crippen molar-refractivity contribution in [1.82, 2.24) is 9.88 Å². The molecule has 0 aliphatic heterocycles. The third-order valence-corrected chi connectivity index (χ3v) is 6.63. The molecule has 0 aliphatic rings. The van der Waals surface area contributed by atoms with Crippen LogP contribution in [0.3, 0.4) is 0 Å². The number of carbonyl (C=O) groups is 1. The fraction of sp³-hybridized carbons (Fsp3) is 0.259. The zero-order chi connectivity index (χ0) is 23.2. The van der Waals surface area contributed by atoms with Crippen molar-refractivity contribution in [2.75, 3.05) is 39.2 Å². The molecule has 0 saturated carbocycles. The number of rotatable bonds is 9. The van der Waals surface area contributed by atoms with Crippen molar-refractivity contribution >= 4 is 45.0 Å². The van der Waals surface area contributed by atoms with Crippen molar-refractivity contribution in [2.24, 2.45) is 0 Å². The summed E-state index contributed by atoms with van der Waals surface area (Å²) in [6.45, 7) is 1.48. The van der Waals surface area contributed by atoms with Gasteiger partial charge in [-0.25, -0.2) is 4.98 Å². The molecule has 0 atom stereocenters. The summed E-state index contributed by atoms with van der Waals surface area (Å²) in [6, 6.07) is 25.9. The summed E-state index contributed by atoms with van der Waals surface area (Å²) >= 11 is 1.53. The summed E-state index contributed by atoms with van der Waals surface area (Å²) in [5.41, 5.74) is 2.75. The molecule has 1 heterocycles. The predicted molar refractivity (Wildman–Crippen MR) is 144 cm³/mol. The lowest BCUT2D eigenvalue weighted by Gasteiger charge is -2.26. The van der Waals surface area contributed by atoms with Crippen molar-refractivity contribution < 1.29 is 9.53 Å². The second-order valence-corrected chi connectivity index (χ2v) is 9.21. The van der Waals surface area contributed by atoms with Gasteiger partial charge in [-0.2, -0.15) is 0 Å². The molecule has 0 radical (unpaired) electrons. The Kier molecular flexibility index (Phi) is 9.05. The van der Waals surface area contributed by atoms with Crippen LogP contribution < -0.4 is 9.64 Å². The van der Waals surface area contributed by atoms with Crippen molar-refractivity contribution in [3.05, 3.63) is 90.0 Å². The van der Waals surface area contributed by atoms with Gasteiger partial charge in [-0.3, -0.25) is 9.69 Å². The van der Waals surface area contributed by atoms with Gasteiger partial charge in [0.05, 0.1) is 17.7 Å². The number of carbonyl (C=O) groups excluding carboxylic acids is 1. The fourth-order valence-electron chi connectivity index (χ4n) is 3.96. The van der Waals surface area contributed by atoms with Crippen LogP contribution in [0, 0.1) is 0 Å². The molecule has 4 aromatic rings. The number of aromatic nitrogens is 1. The monoisotopic (exact) mass is 495 g/mol. The van der Waals surface area contributed by atoms with Gasteiger partial charge in [-0.1, -0.05) is 78.1 Å². The number of methoxy groups -OCH3 is 1. The van der Waals surface area contributed by atoms with Crippen LogP contribution >= 0.6 is 23.7 Å². The molecule has 0 fully saturated rings. The maximum Gasteiger partial charge on any atom is 0.240 e. The molecule has 0 unspecified atom stereocenters. The molecule has 1 aromatic heterocycles. The van der Waals surface area contributed by atoms with E-state index < -0.39 is 5.92 Å². The standard InChI is InChI=1S/C27H29N3O2S.ClH/c1-29(2)18-11-19-30(27-28-25-22(32-3)16-10-17-23(25)33-27)26(31)24(20-12-6-4-7-13-20)21-14-8-5-9-15-21;/h4-10,12-17,24H,11,18-19H2,1-3H3;1H. The van der Waals surface area contributed by atoms with E-state index in [1.807, 2.05) is 97.9 Å². The van der Waals surface area contributed by atoms with Crippen molar-refractivity contribution in [3.8, 4) is 5.75 Å². The summed E-state index contributed by atoms with van der Waals surface area (Å²) in [5.74, 6) is 0.350. The summed E-state index contributed by atoms with van der Waals surface area (Å²) in [6.07, 6.45) is 0.849. The molecule has 0 N–H and O–H groups in total. The van der Waals surface area contributed by atoms with E-state index in [2.05, 4.69) is 4.90 Å². The lowest BCUT2D eigenvalue weighted by molar-refractivity contribution is -0.119. The minimum atomic E-state index is -0.402. The van der Waals surface area contributed by atoms with Crippen LogP contribution in [0.15, 0.2) is 78.9 Å². The summed E-state index contributed by atoms with van der Waals surface area (Å²) in [5, 5.41) is 0.704. The Morgan fingerprint density at radius 2 is 1.53 bits per heavy atom. The van der Waals surface area contributed by atoms with E-state index in [-0.39, 0.29) is 18.3 Å². The van der Waals surface area contributed by atoms with Gasteiger partial charge in [0.2, 0.25) is 5.91 Å². The lowest BCUT2D eigenvalue weighted by atomic mass is 9.90. The number of amides is 1. The smallest absolute Gasteiger partial charge is 0.240 e. The number of anilines is 1. The number of ether oxygens (including phenoxy) is 1. The zero-order valence-corrected chi connectivity index (χ0v) is 21.3. The van der Waals surface area contributed by atoms with E-state index in [1.54, 1.807) is 7.11 Å². The molecule has 0 bridgehead atoms. The quantitative estimate of drug-likeness (QED) is 0.292. The molecule has 3 aromatic carbocycles. The van der Waals surface area contributed by atoms with E-state index in [0.717, 1.165) is 40.1 Å². The highest BCUT2D eigenvalue weighted by molar-refractivity contribution is 7.22. The van der Waals surface area contributed by atoms with Crippen LogP contribution in [-0.2, 0) is 4.79 Å². The highest BCUT2D eigenvalue weighted by Gasteiger charge is 2.30. The largest absolute Gasteiger partial charge is 0.494 e. The maximum absolute atomic E-state index is 14.2. The average Bonchev–Trinajstić information content (AvgIpc) is 3.27. The van der Waals surface area contributed by atoms with Gasteiger partial charge in [-0.05, 0) is 50.3 Å². The van der Waals surface area contributed by atoms with E-state index in [1.165, 1.54) is 11.3 Å². The Hall–Kier alpha value is -2.93. The molecule has 5 nitrogen and oxygen atoms in total. The fourth-order valence-corrected chi connectivity index (χ4v) is 4.98. The molecule has 7 heteroatoms. The number of hydrogen-bond acceptors (Lipinski definition) is 5. The number of thiazole rings is 1. The molecule has 0 aliphatic carbocycles. The van der Waals surface area contributed by atoms with Crippen LogP contribution in [0.2, 0.25) is 0 Å². The molecule has 34 heavy (non-hydrogen) atoms. The van der Waals surface area contributed by atoms with Crippen LogP contribution in [0.5, 0.6) is 5.75 Å². The number of para-hydroxylation sites is 1. The Balaban J connectivity index is 0.00000324. The Labute approximate surface area is 211 Å². The van der Waals surface area contributed by atoms with Gasteiger partial charge in [0.15, 0.2) is 5.13 Å². The number of hydrogen-bond donors (Lipinski definition) is 0. The number of nitrogens with zero attached hydrogens (tertiary/aromatic N) is 3. The maximum atomic E-state index is 14.2. The highest BCUT2D eigenvalue weighted by Crippen LogP contribution is 2.36. The minimum absolute atomic E-state index is 0. The second kappa shape index (κ2) is 12.0. The molecular formula is C27H30ClN3O2S. The van der Waals surface area contributed by atoms with Crippen LogP contribution in [-0.4, -0.2) is 50.1 Å². The van der Waals surface area contributed by atoms with E-state index in [9.17, 15) is 4.79 Å². The third-order valence-electron chi connectivity index (χ3n) is 5.59. The van der Waals surface area contributed by atoms with Gasteiger partial charge < -0.3 is 9.64 Å². The van der Waals surface area contributed by atoms with Gasteiger partial charge in [0, 0.05) is 6.54 Å². The molecular weight excluding hydrogens is 466 g/mol. The predicted octanol–water partition coefficient (Wildman–Crippen LogP) is 5.84. The molecule has 1 amide bonds. The molecule has 0 spiro atoms. The van der Waals surface area contributed by atoms with Gasteiger partial charge in [0.1, 0.15) is 11.3 Å². The summed E-state index contributed by atoms with van der Waals surface area (Å²) in [4.78, 5) is 23.1. The second-order valence-electron chi connectivity index (χ2n) is 8.20. The first-order valence-electron chi connectivity index (χ1n) is 11.1. The summed E-state index contributed by atoms with van der Waals surface area (Å²) < 4.78 is 6.52. The number of benzene rings is 3. The Morgan fingerprint density at radius 3 is 2.09 bits per heavy atom. The Bertz CT molecular complexity index is 1160. The first-order chi connectivity index (χ1) is 16.1.